The molecule has 2 heterocycles. The van der Waals surface area contributed by atoms with Gasteiger partial charge in [0.25, 0.3) is 5.91 Å². The molecule has 5 nitrogen and oxygen atoms in total. The smallest absolute Gasteiger partial charge is 0.256 e. The summed E-state index contributed by atoms with van der Waals surface area (Å²) >= 11 is 1.65. The molecule has 2 aromatic heterocycles. The van der Waals surface area contributed by atoms with E-state index in [2.05, 4.69) is 22.8 Å². The van der Waals surface area contributed by atoms with Crippen molar-refractivity contribution in [2.24, 2.45) is 0 Å². The zero-order valence-corrected chi connectivity index (χ0v) is 18.6. The van der Waals surface area contributed by atoms with Crippen LogP contribution in [0.15, 0.2) is 60.0 Å². The van der Waals surface area contributed by atoms with Crippen LogP contribution >= 0.6 is 11.3 Å². The van der Waals surface area contributed by atoms with Crippen molar-refractivity contribution in [1.82, 2.24) is 4.98 Å². The fraction of sp³-hybridized carbons (Fsp3) is 0.115. The van der Waals surface area contributed by atoms with Gasteiger partial charge in [-0.2, -0.15) is 0 Å². The van der Waals surface area contributed by atoms with Crippen LogP contribution in [-0.2, 0) is 11.2 Å². The predicted octanol–water partition coefficient (Wildman–Crippen LogP) is 6.13. The summed E-state index contributed by atoms with van der Waals surface area (Å²) in [5, 5.41) is 8.07. The maximum atomic E-state index is 14.5. The number of hydrogen-bond donors (Lipinski definition) is 2. The van der Waals surface area contributed by atoms with Gasteiger partial charge in [0, 0.05) is 22.9 Å². The average Bonchev–Trinajstić information content (AvgIpc) is 3.44. The Morgan fingerprint density at radius 1 is 1.06 bits per heavy atom. The number of thiophene rings is 1. The van der Waals surface area contributed by atoms with Crippen molar-refractivity contribution in [3.05, 3.63) is 87.5 Å². The number of nitrogens with one attached hydrogen (secondary N) is 2. The molecule has 33 heavy (non-hydrogen) atoms. The number of carbonyl (C=O) groups excluding carboxylic acids is 2. The Labute approximate surface area is 194 Å². The molecule has 7 heteroatoms. The van der Waals surface area contributed by atoms with E-state index in [0.29, 0.717) is 23.2 Å². The van der Waals surface area contributed by atoms with Crippen LogP contribution in [0, 0.1) is 5.82 Å². The third-order valence-electron chi connectivity index (χ3n) is 5.56. The number of amides is 2. The van der Waals surface area contributed by atoms with Crippen molar-refractivity contribution in [2.45, 2.75) is 19.8 Å². The number of hydrogen-bond acceptors (Lipinski definition) is 4. The second-order valence-corrected chi connectivity index (χ2v) is 8.83. The van der Waals surface area contributed by atoms with Crippen LogP contribution in [-0.4, -0.2) is 16.8 Å². The number of pyridine rings is 1. The summed E-state index contributed by atoms with van der Waals surface area (Å²) in [6, 6.07) is 15.6. The molecular formula is C26H20FN3O2S. The van der Waals surface area contributed by atoms with Crippen LogP contribution in [0.1, 0.15) is 39.8 Å². The molecule has 0 radical (unpaired) electrons. The SMILES string of the molecule is CC(=O)Nc1ccc(F)c(NC(=O)c2c3c(nc4ccccc24)/C(=C/c2cccs2)CC3)c1. The van der Waals surface area contributed by atoms with E-state index in [1.165, 1.54) is 25.1 Å². The van der Waals surface area contributed by atoms with Crippen molar-refractivity contribution in [2.75, 3.05) is 10.6 Å². The van der Waals surface area contributed by atoms with Crippen LogP contribution in [0.5, 0.6) is 0 Å². The third kappa shape index (κ3) is 4.15. The van der Waals surface area contributed by atoms with Gasteiger partial charge in [0.05, 0.1) is 22.5 Å². The Kier molecular flexibility index (Phi) is 5.48. The molecule has 164 valence electrons. The molecule has 0 unspecified atom stereocenters. The van der Waals surface area contributed by atoms with Crippen LogP contribution in [0.2, 0.25) is 0 Å². The molecule has 0 spiro atoms. The maximum absolute atomic E-state index is 14.5. The molecule has 0 atom stereocenters. The van der Waals surface area contributed by atoms with E-state index >= 15 is 0 Å². The van der Waals surface area contributed by atoms with E-state index in [1.54, 1.807) is 11.3 Å². The van der Waals surface area contributed by atoms with E-state index in [-0.39, 0.29) is 11.6 Å². The largest absolute Gasteiger partial charge is 0.326 e. The molecular weight excluding hydrogens is 437 g/mol. The van der Waals surface area contributed by atoms with E-state index in [0.717, 1.165) is 33.5 Å². The fourth-order valence-corrected chi connectivity index (χ4v) is 4.85. The highest BCUT2D eigenvalue weighted by Crippen LogP contribution is 2.38. The van der Waals surface area contributed by atoms with Gasteiger partial charge < -0.3 is 10.6 Å². The van der Waals surface area contributed by atoms with E-state index in [9.17, 15) is 14.0 Å². The van der Waals surface area contributed by atoms with Gasteiger partial charge in [0.2, 0.25) is 5.91 Å². The summed E-state index contributed by atoms with van der Waals surface area (Å²) in [4.78, 5) is 30.9. The van der Waals surface area contributed by atoms with Gasteiger partial charge in [-0.05, 0) is 65.8 Å². The summed E-state index contributed by atoms with van der Waals surface area (Å²) in [5.41, 5.74) is 4.42. The predicted molar refractivity (Wildman–Crippen MR) is 131 cm³/mol. The zero-order chi connectivity index (χ0) is 22.9. The molecule has 1 aliphatic carbocycles. The number of benzene rings is 2. The van der Waals surface area contributed by atoms with Crippen LogP contribution < -0.4 is 10.6 Å². The van der Waals surface area contributed by atoms with E-state index in [4.69, 9.17) is 4.98 Å². The number of fused-ring (bicyclic) bond motifs is 2. The Bertz CT molecular complexity index is 1430. The minimum absolute atomic E-state index is 0.00763. The second-order valence-electron chi connectivity index (χ2n) is 7.85. The topological polar surface area (TPSA) is 71.1 Å². The monoisotopic (exact) mass is 457 g/mol. The lowest BCUT2D eigenvalue weighted by atomic mass is 10.00. The first kappa shape index (κ1) is 21.0. The number of para-hydroxylation sites is 1. The Hall–Kier alpha value is -3.84. The first-order valence-corrected chi connectivity index (χ1v) is 11.4. The summed E-state index contributed by atoms with van der Waals surface area (Å²) in [6.07, 6.45) is 3.58. The number of nitrogens with zero attached hydrogens (tertiary/aromatic N) is 1. The second kappa shape index (κ2) is 8.60. The van der Waals surface area contributed by atoms with Crippen molar-refractivity contribution in [3.8, 4) is 0 Å². The van der Waals surface area contributed by atoms with Crippen LogP contribution in [0.25, 0.3) is 22.6 Å². The van der Waals surface area contributed by atoms with Gasteiger partial charge in [0.1, 0.15) is 5.82 Å². The van der Waals surface area contributed by atoms with Gasteiger partial charge in [-0.3, -0.25) is 9.59 Å². The zero-order valence-electron chi connectivity index (χ0n) is 17.8. The molecule has 4 aromatic rings. The van der Waals surface area contributed by atoms with Crippen molar-refractivity contribution < 1.29 is 14.0 Å². The number of carbonyl (C=O) groups is 2. The normalized spacial score (nSPS) is 13.8. The van der Waals surface area contributed by atoms with E-state index < -0.39 is 11.7 Å². The molecule has 0 fully saturated rings. The van der Waals surface area contributed by atoms with Gasteiger partial charge in [-0.15, -0.1) is 11.3 Å². The van der Waals surface area contributed by atoms with Crippen LogP contribution in [0.4, 0.5) is 15.8 Å². The van der Waals surface area contributed by atoms with Gasteiger partial charge in [-0.25, -0.2) is 9.37 Å². The number of halogens is 1. The molecule has 5 rings (SSSR count). The van der Waals surface area contributed by atoms with Gasteiger partial charge in [0.15, 0.2) is 0 Å². The molecule has 2 aromatic carbocycles. The number of allylic oxidation sites excluding steroid dienone is 1. The van der Waals surface area contributed by atoms with Crippen LogP contribution in [0.3, 0.4) is 0 Å². The highest BCUT2D eigenvalue weighted by atomic mass is 32.1. The lowest BCUT2D eigenvalue weighted by Crippen LogP contribution is -2.17. The maximum Gasteiger partial charge on any atom is 0.256 e. The Balaban J connectivity index is 1.59. The van der Waals surface area contributed by atoms with Gasteiger partial charge >= 0.3 is 0 Å². The lowest BCUT2D eigenvalue weighted by Gasteiger charge is -2.14. The minimum Gasteiger partial charge on any atom is -0.326 e. The van der Waals surface area contributed by atoms with E-state index in [1.807, 2.05) is 35.7 Å². The number of aromatic nitrogens is 1. The molecule has 0 saturated carbocycles. The number of anilines is 2. The van der Waals surface area contributed by atoms with Crippen molar-refractivity contribution in [1.29, 1.82) is 0 Å². The highest BCUT2D eigenvalue weighted by molar-refractivity contribution is 7.10. The quantitative estimate of drug-likeness (QED) is 0.387. The molecule has 0 bridgehead atoms. The summed E-state index contributed by atoms with van der Waals surface area (Å²) in [7, 11) is 0. The summed E-state index contributed by atoms with van der Waals surface area (Å²) in [6.45, 7) is 1.37. The first-order valence-electron chi connectivity index (χ1n) is 10.5. The summed E-state index contributed by atoms with van der Waals surface area (Å²) in [5.74, 6) is -1.26. The fourth-order valence-electron chi connectivity index (χ4n) is 4.17. The molecule has 0 aliphatic heterocycles. The Morgan fingerprint density at radius 3 is 2.70 bits per heavy atom. The first-order chi connectivity index (χ1) is 16.0. The Morgan fingerprint density at radius 2 is 1.91 bits per heavy atom. The molecule has 1 aliphatic rings. The number of rotatable bonds is 4. The molecule has 0 saturated heterocycles. The molecule has 2 amide bonds. The third-order valence-corrected chi connectivity index (χ3v) is 6.38. The summed E-state index contributed by atoms with van der Waals surface area (Å²) < 4.78 is 14.5. The minimum atomic E-state index is -0.578. The molecule has 2 N–H and O–H groups in total. The van der Waals surface area contributed by atoms with Crippen molar-refractivity contribution in [3.63, 3.8) is 0 Å². The van der Waals surface area contributed by atoms with Gasteiger partial charge in [-0.1, -0.05) is 24.3 Å². The lowest BCUT2D eigenvalue weighted by molar-refractivity contribution is -0.114. The van der Waals surface area contributed by atoms with Crippen molar-refractivity contribution >= 4 is 57.1 Å². The highest BCUT2D eigenvalue weighted by Gasteiger charge is 2.27. The standard InChI is InChI=1S/C26H20FN3O2S/c1-15(31)28-17-9-11-21(27)23(14-17)30-26(32)24-19-6-2-3-7-22(19)29-25-16(8-10-20(24)25)13-18-5-4-12-33-18/h2-7,9,11-14H,8,10H2,1H3,(H,28,31)(H,30,32)/b16-13+. The average molecular weight is 458 g/mol.